The van der Waals surface area contributed by atoms with Crippen molar-refractivity contribution in [2.45, 2.75) is 32.4 Å². The summed E-state index contributed by atoms with van der Waals surface area (Å²) in [5, 5.41) is 4.90. The van der Waals surface area contributed by atoms with Gasteiger partial charge in [-0.25, -0.2) is 9.97 Å². The first-order valence-electron chi connectivity index (χ1n) is 13.0. The van der Waals surface area contributed by atoms with E-state index in [0.717, 1.165) is 58.3 Å². The second-order valence-corrected chi connectivity index (χ2v) is 11.1. The molecule has 2 aliphatic heterocycles. The van der Waals surface area contributed by atoms with Gasteiger partial charge in [0.2, 0.25) is 5.91 Å². The topological polar surface area (TPSA) is 96.4 Å². The summed E-state index contributed by atoms with van der Waals surface area (Å²) in [5.74, 6) is 1.36. The van der Waals surface area contributed by atoms with Crippen LogP contribution in [0.25, 0.3) is 10.2 Å². The number of hydrogen-bond donors (Lipinski definition) is 1. The van der Waals surface area contributed by atoms with Gasteiger partial charge in [0.25, 0.3) is 0 Å². The normalized spacial score (nSPS) is 15.7. The number of halogens is 1. The molecule has 0 bridgehead atoms. The number of nitrogens with one attached hydrogen (secondary N) is 1. The van der Waals surface area contributed by atoms with Gasteiger partial charge in [0.1, 0.15) is 29.3 Å². The van der Waals surface area contributed by atoms with Gasteiger partial charge in [-0.15, -0.1) is 11.3 Å². The first-order chi connectivity index (χ1) is 19.1. The van der Waals surface area contributed by atoms with Crippen LogP contribution in [-0.4, -0.2) is 61.8 Å². The molecule has 0 aliphatic carbocycles. The first kappa shape index (κ1) is 25.7. The highest BCUT2D eigenvalue weighted by Gasteiger charge is 2.25. The molecule has 5 heterocycles. The molecule has 11 heteroatoms. The number of nitrogens with zero attached hydrogens (tertiary/aromatic N) is 6. The Morgan fingerprint density at radius 1 is 1.15 bits per heavy atom. The number of thiophene rings is 1. The van der Waals surface area contributed by atoms with Gasteiger partial charge in [0.15, 0.2) is 0 Å². The van der Waals surface area contributed by atoms with Crippen LogP contribution in [0.5, 0.6) is 5.75 Å². The number of amides is 1. The summed E-state index contributed by atoms with van der Waals surface area (Å²) in [6, 6.07) is 5.54. The second-order valence-electron chi connectivity index (χ2n) is 9.58. The molecule has 2 aliphatic rings. The lowest BCUT2D eigenvalue weighted by molar-refractivity contribution is -0.126. The van der Waals surface area contributed by atoms with Gasteiger partial charge >= 0.3 is 0 Å². The molecule has 6 rings (SSSR count). The maximum absolute atomic E-state index is 12.8. The maximum atomic E-state index is 12.8. The number of carbonyl (C=O) groups excluding carboxylic acids is 1. The number of fused-ring (bicyclic) bond motifs is 3. The zero-order valence-corrected chi connectivity index (χ0v) is 22.9. The van der Waals surface area contributed by atoms with Crippen LogP contribution in [0.4, 0.5) is 11.5 Å². The van der Waals surface area contributed by atoms with E-state index in [0.29, 0.717) is 23.9 Å². The minimum atomic E-state index is 0.0676. The van der Waals surface area contributed by atoms with Crippen LogP contribution in [0.3, 0.4) is 0 Å². The largest absolute Gasteiger partial charge is 0.486 e. The van der Waals surface area contributed by atoms with Crippen LogP contribution >= 0.6 is 22.9 Å². The summed E-state index contributed by atoms with van der Waals surface area (Å²) < 4.78 is 5.81. The number of likely N-dealkylation sites (tertiary alicyclic amines) is 1. The standard InChI is InChI=1S/C28H28ClN7O2S/c29-22-14-19(5-6-23(22)38-17-20-15-30-8-9-31-20)34-27-26-21-7-13-36(16-24(21)39-28(26)33-18-32-27)25(37)4-3-12-35-10-1-2-11-35/h3-6,8-9,14-15,18H,1-2,7,10-13,16-17H2,(H,32,33,34)/b4-3+. The van der Waals surface area contributed by atoms with E-state index in [-0.39, 0.29) is 12.5 Å². The summed E-state index contributed by atoms with van der Waals surface area (Å²) in [7, 11) is 0. The van der Waals surface area contributed by atoms with E-state index in [1.165, 1.54) is 18.4 Å². The van der Waals surface area contributed by atoms with Crippen molar-refractivity contribution in [3.05, 3.63) is 76.4 Å². The number of anilines is 2. The predicted octanol–water partition coefficient (Wildman–Crippen LogP) is 4.99. The smallest absolute Gasteiger partial charge is 0.246 e. The maximum Gasteiger partial charge on any atom is 0.246 e. The highest BCUT2D eigenvalue weighted by Crippen LogP contribution is 2.38. The number of aromatic nitrogens is 4. The third-order valence-electron chi connectivity index (χ3n) is 6.96. The van der Waals surface area contributed by atoms with Crippen LogP contribution in [0.15, 0.2) is 55.3 Å². The summed E-state index contributed by atoms with van der Waals surface area (Å²) in [6.45, 7) is 4.63. The molecule has 0 saturated carbocycles. The molecular formula is C28H28ClN7O2S. The van der Waals surface area contributed by atoms with Gasteiger partial charge in [-0.2, -0.15) is 0 Å². The molecule has 0 spiro atoms. The fourth-order valence-electron chi connectivity index (χ4n) is 4.97. The van der Waals surface area contributed by atoms with Crippen LogP contribution in [0.1, 0.15) is 29.0 Å². The molecule has 3 aromatic heterocycles. The van der Waals surface area contributed by atoms with Crippen molar-refractivity contribution in [3.63, 3.8) is 0 Å². The van der Waals surface area contributed by atoms with Crippen molar-refractivity contribution < 1.29 is 9.53 Å². The van der Waals surface area contributed by atoms with Crippen molar-refractivity contribution in [1.29, 1.82) is 0 Å². The van der Waals surface area contributed by atoms with Crippen molar-refractivity contribution in [2.75, 3.05) is 31.5 Å². The van der Waals surface area contributed by atoms with Crippen molar-refractivity contribution in [3.8, 4) is 5.75 Å². The van der Waals surface area contributed by atoms with E-state index in [1.807, 2.05) is 29.2 Å². The van der Waals surface area contributed by atoms with Gasteiger partial charge in [-0.05, 0) is 56.1 Å². The van der Waals surface area contributed by atoms with Gasteiger partial charge < -0.3 is 15.0 Å². The average molecular weight is 562 g/mol. The number of ether oxygens (including phenoxy) is 1. The zero-order chi connectivity index (χ0) is 26.6. The quantitative estimate of drug-likeness (QED) is 0.300. The lowest BCUT2D eigenvalue weighted by Gasteiger charge is -2.26. The third kappa shape index (κ3) is 5.88. The molecule has 9 nitrogen and oxygen atoms in total. The molecule has 1 aromatic carbocycles. The van der Waals surface area contributed by atoms with Crippen LogP contribution in [0, 0.1) is 0 Å². The van der Waals surface area contributed by atoms with Gasteiger partial charge in [0.05, 0.1) is 28.8 Å². The van der Waals surface area contributed by atoms with Gasteiger partial charge in [0, 0.05) is 42.1 Å². The lowest BCUT2D eigenvalue weighted by Crippen LogP contribution is -2.34. The molecule has 1 amide bonds. The Kier molecular flexibility index (Phi) is 7.67. The summed E-state index contributed by atoms with van der Waals surface area (Å²) in [4.78, 5) is 36.5. The Morgan fingerprint density at radius 3 is 2.87 bits per heavy atom. The van der Waals surface area contributed by atoms with E-state index in [2.05, 4.69) is 30.2 Å². The van der Waals surface area contributed by atoms with Crippen molar-refractivity contribution >= 4 is 50.6 Å². The monoisotopic (exact) mass is 561 g/mol. The molecule has 1 N–H and O–H groups in total. The predicted molar refractivity (Wildman–Crippen MR) is 152 cm³/mol. The van der Waals surface area contributed by atoms with E-state index >= 15 is 0 Å². The van der Waals surface area contributed by atoms with Gasteiger partial charge in [-0.1, -0.05) is 17.7 Å². The lowest BCUT2D eigenvalue weighted by atomic mass is 10.0. The highest BCUT2D eigenvalue weighted by atomic mass is 35.5. The molecule has 0 radical (unpaired) electrons. The minimum Gasteiger partial charge on any atom is -0.486 e. The SMILES string of the molecule is O=C(/C=C/CN1CCCC1)N1CCc2c(sc3ncnc(Nc4ccc(OCc5cnccn5)c(Cl)c4)c23)C1. The minimum absolute atomic E-state index is 0.0676. The number of hydrogen-bond acceptors (Lipinski definition) is 9. The molecule has 4 aromatic rings. The summed E-state index contributed by atoms with van der Waals surface area (Å²) >= 11 is 8.14. The third-order valence-corrected chi connectivity index (χ3v) is 8.38. The molecule has 1 saturated heterocycles. The Balaban J connectivity index is 1.14. The fourth-order valence-corrected chi connectivity index (χ4v) is 6.41. The number of carbonyl (C=O) groups is 1. The van der Waals surface area contributed by atoms with Crippen molar-refractivity contribution in [1.82, 2.24) is 29.7 Å². The fraction of sp³-hybridized carbons (Fsp3) is 0.321. The Bertz CT molecular complexity index is 1500. The highest BCUT2D eigenvalue weighted by molar-refractivity contribution is 7.19. The van der Waals surface area contributed by atoms with Crippen molar-refractivity contribution in [2.24, 2.45) is 0 Å². The van der Waals surface area contributed by atoms with Crippen LogP contribution in [-0.2, 0) is 24.4 Å². The van der Waals surface area contributed by atoms with Gasteiger partial charge in [-0.3, -0.25) is 19.7 Å². The van der Waals surface area contributed by atoms with E-state index in [1.54, 1.807) is 42.3 Å². The van der Waals surface area contributed by atoms with E-state index < -0.39 is 0 Å². The Morgan fingerprint density at radius 2 is 2.05 bits per heavy atom. The Labute approximate surface area is 235 Å². The number of benzene rings is 1. The molecule has 0 unspecified atom stereocenters. The Hall–Kier alpha value is -3.60. The van der Waals surface area contributed by atoms with Crippen LogP contribution in [0.2, 0.25) is 5.02 Å². The molecule has 39 heavy (non-hydrogen) atoms. The van der Waals surface area contributed by atoms with Crippen LogP contribution < -0.4 is 10.1 Å². The van der Waals surface area contributed by atoms with E-state index in [9.17, 15) is 4.79 Å². The average Bonchev–Trinajstić information content (AvgIpc) is 3.61. The summed E-state index contributed by atoms with van der Waals surface area (Å²) in [6.07, 6.45) is 13.5. The molecule has 1 fully saturated rings. The number of rotatable bonds is 8. The second kappa shape index (κ2) is 11.6. The molecular weight excluding hydrogens is 534 g/mol. The van der Waals surface area contributed by atoms with E-state index in [4.69, 9.17) is 16.3 Å². The molecule has 200 valence electrons. The summed E-state index contributed by atoms with van der Waals surface area (Å²) in [5.41, 5.74) is 2.72. The zero-order valence-electron chi connectivity index (χ0n) is 21.3. The molecule has 0 atom stereocenters. The first-order valence-corrected chi connectivity index (χ1v) is 14.2.